The summed E-state index contributed by atoms with van der Waals surface area (Å²) in [6.07, 6.45) is 1.07. The number of aromatic nitrogens is 2. The van der Waals surface area contributed by atoms with Gasteiger partial charge in [-0.25, -0.2) is 0 Å². The second-order valence-electron chi connectivity index (χ2n) is 6.85. The van der Waals surface area contributed by atoms with Crippen LogP contribution in [0.15, 0.2) is 0 Å². The highest BCUT2D eigenvalue weighted by Crippen LogP contribution is 2.36. The van der Waals surface area contributed by atoms with Gasteiger partial charge in [0.1, 0.15) is 0 Å². The summed E-state index contributed by atoms with van der Waals surface area (Å²) >= 11 is 0. The lowest BCUT2D eigenvalue weighted by Crippen LogP contribution is -2.38. The molecular weight excluding hydrogens is 282 g/mol. The van der Waals surface area contributed by atoms with Crippen molar-refractivity contribution in [2.24, 2.45) is 11.8 Å². The molecule has 4 atom stereocenters. The first kappa shape index (κ1) is 15.5. The fourth-order valence-corrected chi connectivity index (χ4v) is 3.77. The third kappa shape index (κ3) is 2.90. The maximum absolute atomic E-state index is 12.4. The van der Waals surface area contributed by atoms with E-state index in [1.54, 1.807) is 0 Å². The Balaban J connectivity index is 1.54. The van der Waals surface area contributed by atoms with E-state index in [1.807, 2.05) is 18.7 Å². The molecule has 122 valence electrons. The molecule has 2 fully saturated rings. The fourth-order valence-electron chi connectivity index (χ4n) is 3.77. The summed E-state index contributed by atoms with van der Waals surface area (Å²) in [5, 5.41) is 26.7. The van der Waals surface area contributed by atoms with Crippen LogP contribution in [0.5, 0.6) is 0 Å². The van der Waals surface area contributed by atoms with E-state index in [1.165, 1.54) is 0 Å². The number of likely N-dealkylation sites (tertiary alicyclic amines) is 1. The number of H-pyrrole nitrogens is 1. The first-order valence-electron chi connectivity index (χ1n) is 8.10. The van der Waals surface area contributed by atoms with Crippen LogP contribution in [-0.4, -0.2) is 56.5 Å². The molecule has 1 aromatic rings. The SMILES string of the molecule is Cc1[nH]nc(CCC(=O)N2C[C@H]3C[C@H](O)[C@@H](O)C[C@H]3C2)c1C. The Hall–Kier alpha value is -1.40. The summed E-state index contributed by atoms with van der Waals surface area (Å²) in [5.41, 5.74) is 3.15. The third-order valence-corrected chi connectivity index (χ3v) is 5.39. The summed E-state index contributed by atoms with van der Waals surface area (Å²) in [7, 11) is 0. The molecule has 0 aromatic carbocycles. The Kier molecular flexibility index (Phi) is 4.23. The number of nitrogens with one attached hydrogen (secondary N) is 1. The molecule has 1 saturated heterocycles. The standard InChI is InChI=1S/C16H25N3O3/c1-9-10(2)17-18-13(9)3-4-16(22)19-7-11-5-14(20)15(21)6-12(11)8-19/h11-12,14-15,20-21H,3-8H2,1-2H3,(H,17,18)/t11-,12+,14-,15-/m0/s1. The van der Waals surface area contributed by atoms with Gasteiger partial charge in [0.05, 0.1) is 17.9 Å². The zero-order valence-electron chi connectivity index (χ0n) is 13.2. The van der Waals surface area contributed by atoms with Crippen LogP contribution in [0.2, 0.25) is 0 Å². The number of carbonyl (C=O) groups is 1. The predicted octanol–water partition coefficient (Wildman–Crippen LogP) is 0.549. The first-order chi connectivity index (χ1) is 10.5. The summed E-state index contributed by atoms with van der Waals surface area (Å²) in [6.45, 7) is 5.43. The van der Waals surface area contributed by atoms with Crippen molar-refractivity contribution in [2.75, 3.05) is 13.1 Å². The van der Waals surface area contributed by atoms with E-state index in [0.29, 0.717) is 50.6 Å². The van der Waals surface area contributed by atoms with E-state index in [0.717, 1.165) is 17.0 Å². The molecule has 1 aliphatic heterocycles. The van der Waals surface area contributed by atoms with Gasteiger partial charge in [-0.15, -0.1) is 0 Å². The third-order valence-electron chi connectivity index (χ3n) is 5.39. The van der Waals surface area contributed by atoms with Crippen LogP contribution >= 0.6 is 0 Å². The van der Waals surface area contributed by atoms with Crippen LogP contribution in [0.4, 0.5) is 0 Å². The monoisotopic (exact) mass is 307 g/mol. The van der Waals surface area contributed by atoms with Gasteiger partial charge in [0.15, 0.2) is 0 Å². The number of rotatable bonds is 3. The minimum absolute atomic E-state index is 0.151. The topological polar surface area (TPSA) is 89.5 Å². The van der Waals surface area contributed by atoms with Crippen molar-refractivity contribution in [3.63, 3.8) is 0 Å². The van der Waals surface area contributed by atoms with E-state index < -0.39 is 12.2 Å². The molecule has 0 spiro atoms. The Morgan fingerprint density at radius 1 is 1.23 bits per heavy atom. The molecule has 2 heterocycles. The molecule has 0 unspecified atom stereocenters. The molecule has 1 aliphatic carbocycles. The predicted molar refractivity (Wildman–Crippen MR) is 81.2 cm³/mol. The van der Waals surface area contributed by atoms with E-state index in [-0.39, 0.29) is 5.91 Å². The Morgan fingerprint density at radius 2 is 1.82 bits per heavy atom. The van der Waals surface area contributed by atoms with Crippen LogP contribution in [0, 0.1) is 25.7 Å². The van der Waals surface area contributed by atoms with E-state index in [9.17, 15) is 15.0 Å². The Morgan fingerprint density at radius 3 is 2.32 bits per heavy atom. The van der Waals surface area contributed by atoms with E-state index in [4.69, 9.17) is 0 Å². The number of hydrogen-bond donors (Lipinski definition) is 3. The minimum atomic E-state index is -0.633. The average Bonchev–Trinajstić information content (AvgIpc) is 3.02. The van der Waals surface area contributed by atoms with Crippen molar-refractivity contribution in [2.45, 2.75) is 51.7 Å². The summed E-state index contributed by atoms with van der Waals surface area (Å²) in [6, 6.07) is 0. The number of amides is 1. The zero-order valence-corrected chi connectivity index (χ0v) is 13.2. The van der Waals surface area contributed by atoms with Gasteiger partial charge in [-0.05, 0) is 44.1 Å². The van der Waals surface area contributed by atoms with Gasteiger partial charge in [0.2, 0.25) is 5.91 Å². The lowest BCUT2D eigenvalue weighted by Gasteiger charge is -2.31. The molecule has 1 aromatic heterocycles. The minimum Gasteiger partial charge on any atom is -0.390 e. The lowest BCUT2D eigenvalue weighted by atomic mass is 9.79. The highest BCUT2D eigenvalue weighted by Gasteiger charge is 2.42. The molecular formula is C16H25N3O3. The number of nitrogens with zero attached hydrogens (tertiary/aromatic N) is 2. The Bertz CT molecular complexity index is 539. The molecule has 6 heteroatoms. The number of aliphatic hydroxyl groups excluding tert-OH is 2. The van der Waals surface area contributed by atoms with Gasteiger partial charge >= 0.3 is 0 Å². The second-order valence-corrected chi connectivity index (χ2v) is 6.85. The fraction of sp³-hybridized carbons (Fsp3) is 0.750. The van der Waals surface area contributed by atoms with Crippen LogP contribution < -0.4 is 0 Å². The van der Waals surface area contributed by atoms with E-state index >= 15 is 0 Å². The van der Waals surface area contributed by atoms with Gasteiger partial charge in [0.25, 0.3) is 0 Å². The van der Waals surface area contributed by atoms with Gasteiger partial charge in [0, 0.05) is 31.6 Å². The molecule has 22 heavy (non-hydrogen) atoms. The quantitative estimate of drug-likeness (QED) is 0.761. The average molecular weight is 307 g/mol. The van der Waals surface area contributed by atoms with Crippen LogP contribution in [0.25, 0.3) is 0 Å². The summed E-state index contributed by atoms with van der Waals surface area (Å²) in [4.78, 5) is 14.3. The number of fused-ring (bicyclic) bond motifs is 1. The number of carbonyl (C=O) groups excluding carboxylic acids is 1. The number of aryl methyl sites for hydroxylation is 2. The van der Waals surface area contributed by atoms with Gasteiger partial charge in [-0.1, -0.05) is 0 Å². The molecule has 3 rings (SSSR count). The van der Waals surface area contributed by atoms with Gasteiger partial charge in [-0.3, -0.25) is 9.89 Å². The smallest absolute Gasteiger partial charge is 0.222 e. The van der Waals surface area contributed by atoms with Gasteiger partial charge < -0.3 is 15.1 Å². The number of aliphatic hydroxyl groups is 2. The molecule has 6 nitrogen and oxygen atoms in total. The Labute approximate surface area is 130 Å². The molecule has 0 bridgehead atoms. The highest BCUT2D eigenvalue weighted by molar-refractivity contribution is 5.76. The van der Waals surface area contributed by atoms with Crippen LogP contribution in [0.1, 0.15) is 36.2 Å². The summed E-state index contributed by atoms with van der Waals surface area (Å²) in [5.74, 6) is 0.812. The van der Waals surface area contributed by atoms with Crippen LogP contribution in [-0.2, 0) is 11.2 Å². The number of hydrogen-bond acceptors (Lipinski definition) is 4. The largest absolute Gasteiger partial charge is 0.390 e. The van der Waals surface area contributed by atoms with Crippen molar-refractivity contribution in [1.82, 2.24) is 15.1 Å². The molecule has 0 radical (unpaired) electrons. The highest BCUT2D eigenvalue weighted by atomic mass is 16.3. The molecule has 2 aliphatic rings. The van der Waals surface area contributed by atoms with Gasteiger partial charge in [-0.2, -0.15) is 5.10 Å². The van der Waals surface area contributed by atoms with Crippen molar-refractivity contribution >= 4 is 5.91 Å². The number of aromatic amines is 1. The van der Waals surface area contributed by atoms with Crippen molar-refractivity contribution < 1.29 is 15.0 Å². The maximum Gasteiger partial charge on any atom is 0.222 e. The zero-order chi connectivity index (χ0) is 15.9. The molecule has 1 amide bonds. The first-order valence-corrected chi connectivity index (χ1v) is 8.10. The molecule has 3 N–H and O–H groups in total. The van der Waals surface area contributed by atoms with Crippen LogP contribution in [0.3, 0.4) is 0 Å². The van der Waals surface area contributed by atoms with Crippen molar-refractivity contribution in [3.8, 4) is 0 Å². The summed E-state index contributed by atoms with van der Waals surface area (Å²) < 4.78 is 0. The maximum atomic E-state index is 12.4. The molecule has 1 saturated carbocycles. The normalized spacial score (nSPS) is 31.4. The lowest BCUT2D eigenvalue weighted by molar-refractivity contribution is -0.130. The van der Waals surface area contributed by atoms with Crippen molar-refractivity contribution in [3.05, 3.63) is 17.0 Å². The van der Waals surface area contributed by atoms with E-state index in [2.05, 4.69) is 10.2 Å². The van der Waals surface area contributed by atoms with Crippen molar-refractivity contribution in [1.29, 1.82) is 0 Å². The second kappa shape index (κ2) is 6.01.